The minimum absolute atomic E-state index is 0. The molecule has 0 aromatic heterocycles. The number of amides is 3. The molecule has 3 rings (SSSR count). The third-order valence-corrected chi connectivity index (χ3v) is 8.51. The van der Waals surface area contributed by atoms with Crippen LogP contribution in [0.15, 0.2) is 35.9 Å². The molecule has 2 fully saturated rings. The molecule has 1 radical (unpaired) electrons. The van der Waals surface area contributed by atoms with Gasteiger partial charge in [-0.3, -0.25) is 14.5 Å². The maximum absolute atomic E-state index is 13.7. The standard InChI is InChI=1S/C37H56N5O9.Tb/c1-30-5-4-6-31(23-30)33-26-42(36(45)32(25-38)24-37(2,3)28-41-9-13-48-14-10-41)27-34(33)35(44)40-8-12-47-16-18-50-20-22-51-21-19-49-17-15-46-11-7-39-29-43;/h4-6,23-24,33-34H,7-22,26-28H2,1-3H3,(H,39,43)(H,40,44);/q-1;/b32-24+;/t33-,34+;/m0./s1. The van der Waals surface area contributed by atoms with Crippen molar-refractivity contribution in [3.05, 3.63) is 47.0 Å². The van der Waals surface area contributed by atoms with Gasteiger partial charge in [0.15, 0.2) is 0 Å². The molecule has 14 nitrogen and oxygen atoms in total. The van der Waals surface area contributed by atoms with Crippen molar-refractivity contribution in [1.82, 2.24) is 20.4 Å². The number of nitrogens with zero attached hydrogens (tertiary/aromatic N) is 3. The summed E-state index contributed by atoms with van der Waals surface area (Å²) >= 11 is 0. The Morgan fingerprint density at radius 1 is 0.942 bits per heavy atom. The zero-order valence-corrected chi connectivity index (χ0v) is 33.0. The monoisotopic (exact) mass is 873 g/mol. The van der Waals surface area contributed by atoms with Crippen LogP contribution in [0, 0.1) is 68.2 Å². The van der Waals surface area contributed by atoms with Gasteiger partial charge in [0.25, 0.3) is 5.91 Å². The van der Waals surface area contributed by atoms with E-state index in [-0.39, 0.29) is 68.5 Å². The summed E-state index contributed by atoms with van der Waals surface area (Å²) in [6, 6.07) is 10.2. The summed E-state index contributed by atoms with van der Waals surface area (Å²) in [4.78, 5) is 41.1. The minimum Gasteiger partial charge on any atom is -0.528 e. The van der Waals surface area contributed by atoms with Crippen LogP contribution in [0.2, 0.25) is 0 Å². The molecular formula is C37H56N5O9Tb-. The molecule has 3 amide bonds. The van der Waals surface area contributed by atoms with Gasteiger partial charge >= 0.3 is 0 Å². The van der Waals surface area contributed by atoms with E-state index in [1.54, 1.807) is 17.4 Å². The van der Waals surface area contributed by atoms with Crippen molar-refractivity contribution >= 4 is 18.2 Å². The second-order valence-corrected chi connectivity index (χ2v) is 13.3. The SMILES string of the molecule is Cc1cccc([C@@H]2CN(C(=O)/C(C#N)=C/C(C)(C)CN3CCOCC3)C[C@H]2C(=O)NCCOCCOCCOCCOCCOCCN[C-]=O)c1.[Tb]. The van der Waals surface area contributed by atoms with E-state index in [0.29, 0.717) is 105 Å². The number of carbonyl (C=O) groups excluding carboxylic acids is 3. The number of carbonyl (C=O) groups is 2. The Morgan fingerprint density at radius 3 is 2.08 bits per heavy atom. The van der Waals surface area contributed by atoms with E-state index >= 15 is 0 Å². The number of ether oxygens (including phenoxy) is 6. The third kappa shape index (κ3) is 17.8. The van der Waals surface area contributed by atoms with Crippen molar-refractivity contribution in [2.24, 2.45) is 11.3 Å². The maximum Gasteiger partial charge on any atom is 0.264 e. The van der Waals surface area contributed by atoms with E-state index in [1.165, 1.54) is 0 Å². The van der Waals surface area contributed by atoms with Gasteiger partial charge in [0.05, 0.1) is 85.2 Å². The fraction of sp³-hybridized carbons (Fsp3) is 0.676. The van der Waals surface area contributed by atoms with Crippen molar-refractivity contribution in [2.45, 2.75) is 26.7 Å². The number of likely N-dealkylation sites (tertiary alicyclic amines) is 1. The van der Waals surface area contributed by atoms with Crippen LogP contribution in [0.1, 0.15) is 30.9 Å². The van der Waals surface area contributed by atoms with E-state index in [1.807, 2.05) is 39.0 Å². The van der Waals surface area contributed by atoms with Crippen LogP contribution in [0.25, 0.3) is 0 Å². The minimum atomic E-state index is -0.463. The molecule has 1 aromatic rings. The molecule has 0 aliphatic carbocycles. The molecule has 293 valence electrons. The number of nitriles is 1. The first-order valence-electron chi connectivity index (χ1n) is 17.8. The van der Waals surface area contributed by atoms with E-state index in [2.05, 4.69) is 27.7 Å². The van der Waals surface area contributed by atoms with Crippen LogP contribution >= 0.6 is 0 Å². The summed E-state index contributed by atoms with van der Waals surface area (Å²) in [5.74, 6) is -1.15. The van der Waals surface area contributed by atoms with Crippen molar-refractivity contribution in [3.8, 4) is 6.07 Å². The van der Waals surface area contributed by atoms with Gasteiger partial charge in [-0.05, 0) is 17.9 Å². The summed E-state index contributed by atoms with van der Waals surface area (Å²) in [6.07, 6.45) is 3.36. The number of benzene rings is 1. The van der Waals surface area contributed by atoms with Crippen molar-refractivity contribution in [3.63, 3.8) is 0 Å². The van der Waals surface area contributed by atoms with Gasteiger partial charge in [-0.1, -0.05) is 49.8 Å². The Hall–Kier alpha value is -2.13. The summed E-state index contributed by atoms with van der Waals surface area (Å²) in [5.41, 5.74) is 1.78. The van der Waals surface area contributed by atoms with Crippen molar-refractivity contribution < 1.29 is 81.4 Å². The number of hydrogen-bond donors (Lipinski definition) is 2. The average molecular weight is 874 g/mol. The van der Waals surface area contributed by atoms with Crippen molar-refractivity contribution in [1.29, 1.82) is 5.26 Å². The molecule has 0 bridgehead atoms. The summed E-state index contributed by atoms with van der Waals surface area (Å²) in [6.45, 7) is 15.3. The molecule has 1 aromatic carbocycles. The fourth-order valence-electron chi connectivity index (χ4n) is 6.09. The Kier molecular flexibility index (Phi) is 23.5. The number of aryl methyl sites for hydroxylation is 1. The Balaban J connectivity index is 0.00000936. The smallest absolute Gasteiger partial charge is 0.264 e. The average Bonchev–Trinajstić information content (AvgIpc) is 3.57. The van der Waals surface area contributed by atoms with Gasteiger partial charge in [-0.15, -0.1) is 0 Å². The fourth-order valence-corrected chi connectivity index (χ4v) is 6.09. The molecule has 15 heteroatoms. The maximum atomic E-state index is 13.7. The van der Waals surface area contributed by atoms with E-state index in [4.69, 9.17) is 28.4 Å². The molecule has 0 unspecified atom stereocenters. The van der Waals surface area contributed by atoms with Gasteiger partial charge < -0.3 is 48.7 Å². The van der Waals surface area contributed by atoms with Crippen molar-refractivity contribution in [2.75, 3.05) is 125 Å². The van der Waals surface area contributed by atoms with Crippen LogP contribution in [0.5, 0.6) is 0 Å². The van der Waals surface area contributed by atoms with Crippen LogP contribution in [-0.4, -0.2) is 153 Å². The van der Waals surface area contributed by atoms with Gasteiger partial charge in [0.1, 0.15) is 11.6 Å². The molecule has 52 heavy (non-hydrogen) atoms. The number of rotatable bonds is 25. The number of hydrogen-bond acceptors (Lipinski definition) is 11. The largest absolute Gasteiger partial charge is 0.528 e. The molecule has 2 saturated heterocycles. The molecule has 0 spiro atoms. The van der Waals surface area contributed by atoms with Crippen LogP contribution < -0.4 is 10.6 Å². The zero-order chi connectivity index (χ0) is 36.7. The van der Waals surface area contributed by atoms with E-state index < -0.39 is 11.3 Å². The second-order valence-electron chi connectivity index (χ2n) is 13.3. The topological polar surface area (TPSA) is 161 Å². The zero-order valence-electron chi connectivity index (χ0n) is 30.8. The van der Waals surface area contributed by atoms with Gasteiger partial charge in [0, 0.05) is 90.3 Å². The van der Waals surface area contributed by atoms with Gasteiger partial charge in [-0.2, -0.15) is 11.7 Å². The van der Waals surface area contributed by atoms with Gasteiger partial charge in [0.2, 0.25) is 5.91 Å². The Morgan fingerprint density at radius 2 is 1.52 bits per heavy atom. The first-order chi connectivity index (χ1) is 24.7. The Labute approximate surface area is 339 Å². The van der Waals surface area contributed by atoms with Crippen LogP contribution in [-0.2, 0) is 42.8 Å². The molecule has 2 heterocycles. The predicted molar refractivity (Wildman–Crippen MR) is 190 cm³/mol. The number of nitrogens with one attached hydrogen (secondary N) is 2. The van der Waals surface area contributed by atoms with Crippen LogP contribution in [0.3, 0.4) is 0 Å². The van der Waals surface area contributed by atoms with Gasteiger partial charge in [-0.25, -0.2) is 0 Å². The predicted octanol–water partition coefficient (Wildman–Crippen LogP) is 1.20. The molecule has 2 aliphatic heterocycles. The quantitative estimate of drug-likeness (QED) is 0.0478. The second kappa shape index (κ2) is 26.6. The summed E-state index contributed by atoms with van der Waals surface area (Å²) in [7, 11) is 0. The van der Waals surface area contributed by atoms with E-state index in [0.717, 1.165) is 24.2 Å². The molecular weight excluding hydrogens is 817 g/mol. The summed E-state index contributed by atoms with van der Waals surface area (Å²) < 4.78 is 32.8. The first kappa shape index (κ1) is 46.0. The molecule has 2 atom stereocenters. The molecule has 2 N–H and O–H groups in total. The first-order valence-corrected chi connectivity index (χ1v) is 17.8. The molecule has 2 aliphatic rings. The van der Waals surface area contributed by atoms with Crippen LogP contribution in [0.4, 0.5) is 0 Å². The Bertz CT molecular complexity index is 1270. The normalized spacial score (nSPS) is 18.0. The third-order valence-electron chi connectivity index (χ3n) is 8.51. The summed E-state index contributed by atoms with van der Waals surface area (Å²) in [5, 5.41) is 15.4. The number of morpholine rings is 1. The molecule has 0 saturated carbocycles. The van der Waals surface area contributed by atoms with E-state index in [9.17, 15) is 19.6 Å².